The summed E-state index contributed by atoms with van der Waals surface area (Å²) < 4.78 is 2.61. The predicted molar refractivity (Wildman–Crippen MR) is 248 cm³/mol. The van der Waals surface area contributed by atoms with Gasteiger partial charge in [0.25, 0.3) is 0 Å². The van der Waals surface area contributed by atoms with Gasteiger partial charge in [0, 0.05) is 20.2 Å². The first-order valence-corrected chi connectivity index (χ1v) is 20.6. The fourth-order valence-corrected chi connectivity index (χ4v) is 11.1. The summed E-state index contributed by atoms with van der Waals surface area (Å²) in [4.78, 5) is 0. The molecular formula is C56H32S. The average molecular weight is 737 g/mol. The number of benzene rings is 12. The van der Waals surface area contributed by atoms with Crippen LogP contribution in [0.25, 0.3) is 129 Å². The van der Waals surface area contributed by atoms with E-state index in [-0.39, 0.29) is 0 Å². The predicted octanol–water partition coefficient (Wildman–Crippen LogP) is 16.5. The summed E-state index contributed by atoms with van der Waals surface area (Å²) in [5.41, 5.74) is 10.1. The molecule has 0 fully saturated rings. The molecule has 0 radical (unpaired) electrons. The number of thiophene rings is 1. The zero-order valence-corrected chi connectivity index (χ0v) is 31.7. The van der Waals surface area contributed by atoms with Crippen molar-refractivity contribution in [2.75, 3.05) is 0 Å². The fourth-order valence-electron chi connectivity index (χ4n) is 9.97. The maximum absolute atomic E-state index is 2.48. The van der Waals surface area contributed by atoms with E-state index in [1.54, 1.807) is 0 Å². The average Bonchev–Trinajstić information content (AvgIpc) is 3.63. The lowest BCUT2D eigenvalue weighted by Crippen LogP contribution is -1.90. The molecule has 0 nitrogen and oxygen atoms in total. The van der Waals surface area contributed by atoms with E-state index in [0.29, 0.717) is 0 Å². The van der Waals surface area contributed by atoms with Gasteiger partial charge in [-0.3, -0.25) is 0 Å². The molecule has 0 bridgehead atoms. The molecule has 0 unspecified atom stereocenters. The highest BCUT2D eigenvalue weighted by Crippen LogP contribution is 2.49. The van der Waals surface area contributed by atoms with Crippen molar-refractivity contribution in [2.24, 2.45) is 0 Å². The molecule has 0 amide bonds. The Balaban J connectivity index is 1.11. The lowest BCUT2D eigenvalue weighted by atomic mass is 9.86. The Bertz CT molecular complexity index is 3440. The fraction of sp³-hybridized carbons (Fsp3) is 0. The van der Waals surface area contributed by atoms with Gasteiger partial charge in [-0.25, -0.2) is 0 Å². The van der Waals surface area contributed by atoms with E-state index >= 15 is 0 Å². The topological polar surface area (TPSA) is 0 Å². The second-order valence-corrected chi connectivity index (χ2v) is 16.6. The smallest absolute Gasteiger partial charge is 0.0362 e. The van der Waals surface area contributed by atoms with Crippen LogP contribution in [-0.4, -0.2) is 0 Å². The number of fused-ring (bicyclic) bond motifs is 3. The van der Waals surface area contributed by atoms with E-state index in [2.05, 4.69) is 194 Å². The van der Waals surface area contributed by atoms with Crippen LogP contribution in [0.15, 0.2) is 194 Å². The van der Waals surface area contributed by atoms with Crippen molar-refractivity contribution in [1.82, 2.24) is 0 Å². The van der Waals surface area contributed by atoms with Crippen LogP contribution in [0.1, 0.15) is 0 Å². The quantitative estimate of drug-likeness (QED) is 0.158. The largest absolute Gasteiger partial charge is 0.135 e. The summed E-state index contributed by atoms with van der Waals surface area (Å²) in [5, 5.41) is 18.4. The summed E-state index contributed by atoms with van der Waals surface area (Å²) in [6, 6.07) is 72.9. The third kappa shape index (κ3) is 4.49. The van der Waals surface area contributed by atoms with Gasteiger partial charge >= 0.3 is 0 Å². The zero-order valence-electron chi connectivity index (χ0n) is 30.9. The van der Waals surface area contributed by atoms with Crippen LogP contribution >= 0.6 is 11.3 Å². The molecule has 0 aliphatic heterocycles. The molecule has 57 heavy (non-hydrogen) atoms. The molecule has 1 heteroatoms. The Morgan fingerprint density at radius 1 is 0.228 bits per heavy atom. The highest BCUT2D eigenvalue weighted by molar-refractivity contribution is 7.25. The SMILES string of the molecule is c1ccc(-c2cc3c(cc2-c2ccc4ccc5cccc6ccc2c4c56)sc2cc(-c4ccc5ccc6cccc7ccc4c5c67)c(-c4ccccc4)cc23)cc1. The van der Waals surface area contributed by atoms with Gasteiger partial charge < -0.3 is 0 Å². The van der Waals surface area contributed by atoms with Crippen LogP contribution in [-0.2, 0) is 0 Å². The van der Waals surface area contributed by atoms with Crippen LogP contribution < -0.4 is 0 Å². The van der Waals surface area contributed by atoms with E-state index in [0.717, 1.165) is 0 Å². The van der Waals surface area contributed by atoms with Crippen LogP contribution in [0.3, 0.4) is 0 Å². The molecule has 13 rings (SSSR count). The van der Waals surface area contributed by atoms with Crippen molar-refractivity contribution in [3.05, 3.63) is 194 Å². The highest BCUT2D eigenvalue weighted by atomic mass is 32.1. The Labute approximate surface area is 333 Å². The first kappa shape index (κ1) is 31.2. The minimum absolute atomic E-state index is 1.23. The molecule has 0 spiro atoms. The number of hydrogen-bond donors (Lipinski definition) is 0. The summed E-state index contributed by atoms with van der Waals surface area (Å²) in [5.74, 6) is 0. The molecule has 13 aromatic rings. The standard InChI is InChI=1S/C56H32S/c1-3-9-33(10-4-1)45-29-49-50-30-46(34-11-5-2-6-12-34)48(42-26-22-40-20-18-36-14-8-16-38-24-28-44(42)56(40)54(36)38)32-52(50)57-51(49)31-47(45)41-25-21-39-19-17-35-13-7-15-37-23-27-43(41)55(39)53(35)37/h1-32H. The third-order valence-corrected chi connectivity index (χ3v) is 13.7. The summed E-state index contributed by atoms with van der Waals surface area (Å²) in [6.45, 7) is 0. The molecule has 0 saturated carbocycles. The van der Waals surface area contributed by atoms with Crippen molar-refractivity contribution in [1.29, 1.82) is 0 Å². The van der Waals surface area contributed by atoms with Gasteiger partial charge in [0.1, 0.15) is 0 Å². The molecule has 1 aromatic heterocycles. The van der Waals surface area contributed by atoms with Crippen LogP contribution in [0, 0.1) is 0 Å². The van der Waals surface area contributed by atoms with E-state index in [4.69, 9.17) is 0 Å². The van der Waals surface area contributed by atoms with Crippen LogP contribution in [0.2, 0.25) is 0 Å². The lowest BCUT2D eigenvalue weighted by molar-refractivity contribution is 1.63. The van der Waals surface area contributed by atoms with Gasteiger partial charge in [-0.05, 0) is 133 Å². The molecule has 0 N–H and O–H groups in total. The van der Waals surface area contributed by atoms with E-state index in [1.165, 1.54) is 129 Å². The highest BCUT2D eigenvalue weighted by Gasteiger charge is 2.21. The molecule has 262 valence electrons. The summed E-state index contributed by atoms with van der Waals surface area (Å²) in [7, 11) is 0. The first-order valence-electron chi connectivity index (χ1n) is 19.7. The second-order valence-electron chi connectivity index (χ2n) is 15.6. The molecule has 0 atom stereocenters. The van der Waals surface area contributed by atoms with Gasteiger partial charge in [0.2, 0.25) is 0 Å². The van der Waals surface area contributed by atoms with Gasteiger partial charge in [-0.15, -0.1) is 11.3 Å². The second kappa shape index (κ2) is 11.7. The van der Waals surface area contributed by atoms with Crippen molar-refractivity contribution >= 4 is 96.1 Å². The monoisotopic (exact) mass is 736 g/mol. The summed E-state index contributed by atoms with van der Waals surface area (Å²) >= 11 is 1.91. The molecule has 0 aliphatic carbocycles. The molecule has 12 aromatic carbocycles. The molecule has 0 aliphatic rings. The summed E-state index contributed by atoms with van der Waals surface area (Å²) in [6.07, 6.45) is 0. The molecule has 0 saturated heterocycles. The normalized spacial score (nSPS) is 12.2. The van der Waals surface area contributed by atoms with E-state index in [9.17, 15) is 0 Å². The van der Waals surface area contributed by atoms with E-state index in [1.807, 2.05) is 11.3 Å². The third-order valence-electron chi connectivity index (χ3n) is 12.6. The van der Waals surface area contributed by atoms with Gasteiger partial charge in [-0.1, -0.05) is 170 Å². The van der Waals surface area contributed by atoms with Gasteiger partial charge in [0.15, 0.2) is 0 Å². The zero-order chi connectivity index (χ0) is 37.2. The van der Waals surface area contributed by atoms with Crippen LogP contribution in [0.5, 0.6) is 0 Å². The first-order chi connectivity index (χ1) is 28.2. The van der Waals surface area contributed by atoms with Crippen molar-refractivity contribution in [3.8, 4) is 44.5 Å². The van der Waals surface area contributed by atoms with Crippen molar-refractivity contribution < 1.29 is 0 Å². The Morgan fingerprint density at radius 3 is 1.02 bits per heavy atom. The lowest BCUT2D eigenvalue weighted by Gasteiger charge is -2.17. The number of hydrogen-bond acceptors (Lipinski definition) is 1. The minimum atomic E-state index is 1.23. The Morgan fingerprint density at radius 2 is 0.596 bits per heavy atom. The molecular weight excluding hydrogens is 705 g/mol. The van der Waals surface area contributed by atoms with Crippen molar-refractivity contribution in [2.45, 2.75) is 0 Å². The van der Waals surface area contributed by atoms with Crippen LogP contribution in [0.4, 0.5) is 0 Å². The molecule has 1 heterocycles. The Kier molecular flexibility index (Phi) is 6.41. The van der Waals surface area contributed by atoms with Gasteiger partial charge in [0.05, 0.1) is 0 Å². The van der Waals surface area contributed by atoms with E-state index < -0.39 is 0 Å². The van der Waals surface area contributed by atoms with Gasteiger partial charge in [-0.2, -0.15) is 0 Å². The van der Waals surface area contributed by atoms with Crippen molar-refractivity contribution in [3.63, 3.8) is 0 Å². The minimum Gasteiger partial charge on any atom is -0.135 e. The Hall–Kier alpha value is -7.06. The maximum atomic E-state index is 2.48. The maximum Gasteiger partial charge on any atom is 0.0362 e. The number of rotatable bonds is 4.